The van der Waals surface area contributed by atoms with Crippen LogP contribution in [0.2, 0.25) is 5.02 Å². The predicted octanol–water partition coefficient (Wildman–Crippen LogP) is 1.92. The van der Waals surface area contributed by atoms with Crippen LogP contribution in [0.3, 0.4) is 0 Å². The highest BCUT2D eigenvalue weighted by Gasteiger charge is 2.44. The van der Waals surface area contributed by atoms with Gasteiger partial charge in [0.25, 0.3) is 0 Å². The van der Waals surface area contributed by atoms with Crippen LogP contribution in [0.5, 0.6) is 0 Å². The maximum atomic E-state index is 10.6. The van der Waals surface area contributed by atoms with E-state index >= 15 is 0 Å². The Hall–Kier alpha value is -1.62. The van der Waals surface area contributed by atoms with Gasteiger partial charge in [-0.2, -0.15) is 0 Å². The van der Waals surface area contributed by atoms with Gasteiger partial charge in [-0.3, -0.25) is 0 Å². The van der Waals surface area contributed by atoms with E-state index in [9.17, 15) is 20.4 Å². The molecule has 9 heteroatoms. The van der Waals surface area contributed by atoms with E-state index in [1.165, 1.54) is 11.8 Å². The second-order valence-corrected chi connectivity index (χ2v) is 9.06. The van der Waals surface area contributed by atoms with Crippen LogP contribution in [0, 0.1) is 0 Å². The molecule has 0 saturated carbocycles. The first-order chi connectivity index (χ1) is 14.9. The molecule has 2 aromatic carbocycles. The van der Waals surface area contributed by atoms with Gasteiger partial charge in [-0.25, -0.2) is 0 Å². The summed E-state index contributed by atoms with van der Waals surface area (Å²) in [4.78, 5) is 1.86. The van der Waals surface area contributed by atoms with Crippen molar-refractivity contribution in [3.05, 3.63) is 59.2 Å². The number of aliphatic hydroxyl groups excluding tert-OH is 4. The lowest BCUT2D eigenvalue weighted by Gasteiger charge is -2.40. The van der Waals surface area contributed by atoms with E-state index in [4.69, 9.17) is 22.1 Å². The summed E-state index contributed by atoms with van der Waals surface area (Å²) in [5, 5.41) is 41.8. The number of rotatable bonds is 6. The molecule has 0 unspecified atom stereocenters. The fourth-order valence-corrected chi connectivity index (χ4v) is 5.19. The number of nitrogens with zero attached hydrogens (tertiary/aromatic N) is 1. The third kappa shape index (κ3) is 4.35. The van der Waals surface area contributed by atoms with Crippen molar-refractivity contribution < 1.29 is 25.2 Å². The summed E-state index contributed by atoms with van der Waals surface area (Å²) < 4.78 is 7.45. The molecular weight excluding hydrogens is 440 g/mol. The first-order valence-corrected chi connectivity index (χ1v) is 11.2. The molecule has 1 aromatic heterocycles. The van der Waals surface area contributed by atoms with Crippen LogP contribution >= 0.6 is 23.4 Å². The quantitative estimate of drug-likeness (QED) is 0.378. The molecule has 166 valence electrons. The van der Waals surface area contributed by atoms with E-state index in [2.05, 4.69) is 0 Å². The van der Waals surface area contributed by atoms with E-state index in [0.29, 0.717) is 17.1 Å². The standard InChI is InChI=1S/C22H25ClN2O5S/c23-14-2-1-3-15-18(14)17(31-13-6-4-12(5-7-13)8-9-24)10-25(15)22-21(29)20(28)19(27)16(11-26)30-22/h1-7,10,16,19-22,26-29H,8-9,11,24H2/t16-,19-,20+,21-,22-/m1/s1. The summed E-state index contributed by atoms with van der Waals surface area (Å²) in [6, 6.07) is 13.5. The van der Waals surface area contributed by atoms with Crippen molar-refractivity contribution in [2.24, 2.45) is 5.73 Å². The Morgan fingerprint density at radius 2 is 1.77 bits per heavy atom. The van der Waals surface area contributed by atoms with E-state index in [-0.39, 0.29) is 0 Å². The van der Waals surface area contributed by atoms with Gasteiger partial charge in [-0.05, 0) is 42.8 Å². The zero-order valence-corrected chi connectivity index (χ0v) is 18.2. The highest BCUT2D eigenvalue weighted by atomic mass is 35.5. The van der Waals surface area contributed by atoms with Crippen molar-refractivity contribution in [2.45, 2.75) is 46.9 Å². The minimum Gasteiger partial charge on any atom is -0.394 e. The van der Waals surface area contributed by atoms with Crippen molar-refractivity contribution in [3.63, 3.8) is 0 Å². The molecule has 0 bridgehead atoms. The van der Waals surface area contributed by atoms with E-state index < -0.39 is 37.3 Å². The summed E-state index contributed by atoms with van der Waals surface area (Å²) in [5.74, 6) is 0. The van der Waals surface area contributed by atoms with Crippen LogP contribution < -0.4 is 5.73 Å². The van der Waals surface area contributed by atoms with Crippen LogP contribution in [0.4, 0.5) is 0 Å². The second-order valence-electron chi connectivity index (χ2n) is 7.54. The molecule has 0 amide bonds. The third-order valence-electron chi connectivity index (χ3n) is 5.50. The summed E-state index contributed by atoms with van der Waals surface area (Å²) in [6.45, 7) is 0.104. The monoisotopic (exact) mass is 464 g/mol. The van der Waals surface area contributed by atoms with Gasteiger partial charge in [-0.1, -0.05) is 41.6 Å². The van der Waals surface area contributed by atoms with Crippen molar-refractivity contribution in [1.82, 2.24) is 4.57 Å². The van der Waals surface area contributed by atoms with Gasteiger partial charge < -0.3 is 35.5 Å². The maximum Gasteiger partial charge on any atom is 0.163 e. The maximum absolute atomic E-state index is 10.6. The first-order valence-electron chi connectivity index (χ1n) is 10.0. The van der Waals surface area contributed by atoms with Crippen LogP contribution in [0.15, 0.2) is 58.5 Å². The molecule has 0 aliphatic carbocycles. The van der Waals surface area contributed by atoms with Crippen molar-refractivity contribution in [1.29, 1.82) is 0 Å². The Bertz CT molecular complexity index is 1040. The zero-order valence-electron chi connectivity index (χ0n) is 16.6. The molecule has 7 nitrogen and oxygen atoms in total. The number of fused-ring (bicyclic) bond motifs is 1. The minimum absolute atomic E-state index is 0.488. The number of aliphatic hydroxyl groups is 4. The molecule has 1 aliphatic heterocycles. The number of hydrogen-bond acceptors (Lipinski definition) is 7. The van der Waals surface area contributed by atoms with Crippen molar-refractivity contribution >= 4 is 34.3 Å². The number of benzene rings is 2. The molecule has 1 saturated heterocycles. The molecule has 1 aliphatic rings. The lowest BCUT2D eigenvalue weighted by Crippen LogP contribution is -2.56. The van der Waals surface area contributed by atoms with Gasteiger partial charge in [0.2, 0.25) is 0 Å². The predicted molar refractivity (Wildman–Crippen MR) is 119 cm³/mol. The van der Waals surface area contributed by atoms with Gasteiger partial charge in [0.15, 0.2) is 6.23 Å². The first kappa shape index (κ1) is 22.6. The topological polar surface area (TPSA) is 121 Å². The SMILES string of the molecule is NCCc1ccc(Sc2cn([C@@H]3O[C@H](CO)[C@@H](O)[C@H](O)[C@H]3O)c3cccc(Cl)c23)cc1. The van der Waals surface area contributed by atoms with Gasteiger partial charge in [0, 0.05) is 21.4 Å². The van der Waals surface area contributed by atoms with Crippen molar-refractivity contribution in [3.8, 4) is 0 Å². The summed E-state index contributed by atoms with van der Waals surface area (Å²) in [7, 11) is 0. The Balaban J connectivity index is 1.73. The van der Waals surface area contributed by atoms with Crippen LogP contribution in [0.1, 0.15) is 11.8 Å². The van der Waals surface area contributed by atoms with Crippen LogP contribution in [0.25, 0.3) is 10.9 Å². The molecule has 1 fully saturated rings. The number of aromatic nitrogens is 1. The lowest BCUT2D eigenvalue weighted by molar-refractivity contribution is -0.250. The number of nitrogens with two attached hydrogens (primary N) is 1. The summed E-state index contributed by atoms with van der Waals surface area (Å²) >= 11 is 8.04. The van der Waals surface area contributed by atoms with E-state index in [0.717, 1.165) is 27.2 Å². The van der Waals surface area contributed by atoms with Gasteiger partial charge in [-0.15, -0.1) is 0 Å². The zero-order chi connectivity index (χ0) is 22.1. The molecule has 0 radical (unpaired) electrons. The normalized spacial score (nSPS) is 26.5. The molecule has 3 aromatic rings. The minimum atomic E-state index is -1.46. The van der Waals surface area contributed by atoms with Gasteiger partial charge >= 0.3 is 0 Å². The number of halogens is 1. The average molecular weight is 465 g/mol. The largest absolute Gasteiger partial charge is 0.394 e. The highest BCUT2D eigenvalue weighted by Crippen LogP contribution is 2.41. The summed E-state index contributed by atoms with van der Waals surface area (Å²) in [5.41, 5.74) is 7.49. The Morgan fingerprint density at radius 1 is 1.03 bits per heavy atom. The van der Waals surface area contributed by atoms with Gasteiger partial charge in [0.05, 0.1) is 17.1 Å². The highest BCUT2D eigenvalue weighted by molar-refractivity contribution is 7.99. The molecule has 2 heterocycles. The van der Waals surface area contributed by atoms with Gasteiger partial charge in [0.1, 0.15) is 24.4 Å². The Morgan fingerprint density at radius 3 is 2.45 bits per heavy atom. The van der Waals surface area contributed by atoms with E-state index in [1.54, 1.807) is 16.7 Å². The fraction of sp³-hybridized carbons (Fsp3) is 0.364. The van der Waals surface area contributed by atoms with Crippen LogP contribution in [-0.4, -0.2) is 62.6 Å². The van der Waals surface area contributed by atoms with Crippen molar-refractivity contribution in [2.75, 3.05) is 13.2 Å². The molecular formula is C22H25ClN2O5S. The average Bonchev–Trinajstić information content (AvgIpc) is 3.13. The lowest BCUT2D eigenvalue weighted by atomic mass is 9.98. The molecule has 5 atom stereocenters. The van der Waals surface area contributed by atoms with Crippen LogP contribution in [-0.2, 0) is 11.2 Å². The molecule has 0 spiro atoms. The Labute approximate surface area is 189 Å². The number of ether oxygens (including phenoxy) is 1. The smallest absolute Gasteiger partial charge is 0.163 e. The fourth-order valence-electron chi connectivity index (χ4n) is 3.85. The molecule has 31 heavy (non-hydrogen) atoms. The second kappa shape index (κ2) is 9.48. The summed E-state index contributed by atoms with van der Waals surface area (Å²) in [6.07, 6.45) is -3.64. The number of hydrogen-bond donors (Lipinski definition) is 5. The Kier molecular flexibility index (Phi) is 6.90. The third-order valence-corrected chi connectivity index (χ3v) is 6.85. The molecule has 6 N–H and O–H groups in total. The van der Waals surface area contributed by atoms with E-state index in [1.807, 2.05) is 36.5 Å². The molecule has 4 rings (SSSR count).